The van der Waals surface area contributed by atoms with Gasteiger partial charge in [0.15, 0.2) is 0 Å². The molecule has 160 valence electrons. The number of halogens is 1. The summed E-state index contributed by atoms with van der Waals surface area (Å²) in [6, 6.07) is 15.4. The number of ketones is 1. The molecule has 8 heteroatoms. The van der Waals surface area contributed by atoms with Crippen LogP contribution in [0, 0.1) is 5.82 Å². The van der Waals surface area contributed by atoms with Crippen molar-refractivity contribution in [3.8, 4) is 0 Å². The third kappa shape index (κ3) is 3.85. The lowest BCUT2D eigenvalue weighted by molar-refractivity contribution is -0.132. The van der Waals surface area contributed by atoms with Gasteiger partial charge >= 0.3 is 0 Å². The van der Waals surface area contributed by atoms with E-state index in [0.29, 0.717) is 17.1 Å². The summed E-state index contributed by atoms with van der Waals surface area (Å²) in [4.78, 5) is 43.1. The maximum atomic E-state index is 13.4. The van der Waals surface area contributed by atoms with Crippen molar-refractivity contribution in [2.45, 2.75) is 13.0 Å². The van der Waals surface area contributed by atoms with Crippen molar-refractivity contribution in [2.75, 3.05) is 10.2 Å². The van der Waals surface area contributed by atoms with Crippen LogP contribution in [0.1, 0.15) is 24.2 Å². The van der Waals surface area contributed by atoms with Crippen molar-refractivity contribution >= 4 is 34.7 Å². The highest BCUT2D eigenvalue weighted by molar-refractivity contribution is 6.51. The van der Waals surface area contributed by atoms with Crippen molar-refractivity contribution in [1.82, 2.24) is 4.98 Å². The summed E-state index contributed by atoms with van der Waals surface area (Å²) in [7, 11) is 0. The molecule has 0 spiro atoms. The number of aliphatic hydroxyl groups excluding tert-OH is 1. The highest BCUT2D eigenvalue weighted by atomic mass is 19.1. The SMILES string of the molecule is CC(=O)Nc1cccc(N2C(=O)C(=O)/C(=C(/O)c3ccc(F)cc3)C2c2ccccn2)c1. The van der Waals surface area contributed by atoms with Gasteiger partial charge in [-0.1, -0.05) is 12.1 Å². The molecule has 2 aromatic carbocycles. The van der Waals surface area contributed by atoms with Crippen LogP contribution in [-0.4, -0.2) is 27.7 Å². The molecular weight excluding hydrogens is 413 g/mol. The number of carbonyl (C=O) groups is 3. The highest BCUT2D eigenvalue weighted by Crippen LogP contribution is 2.41. The van der Waals surface area contributed by atoms with Gasteiger partial charge in [-0.2, -0.15) is 0 Å². The van der Waals surface area contributed by atoms with Gasteiger partial charge < -0.3 is 10.4 Å². The van der Waals surface area contributed by atoms with Crippen LogP contribution >= 0.6 is 0 Å². The predicted octanol–water partition coefficient (Wildman–Crippen LogP) is 3.81. The zero-order chi connectivity index (χ0) is 22.8. The summed E-state index contributed by atoms with van der Waals surface area (Å²) in [5.74, 6) is -2.98. The van der Waals surface area contributed by atoms with E-state index in [4.69, 9.17) is 0 Å². The van der Waals surface area contributed by atoms with Crippen molar-refractivity contribution in [2.24, 2.45) is 0 Å². The van der Waals surface area contributed by atoms with Crippen LogP contribution in [-0.2, 0) is 14.4 Å². The first-order chi connectivity index (χ1) is 15.4. The number of rotatable bonds is 4. The number of aromatic nitrogens is 1. The molecule has 32 heavy (non-hydrogen) atoms. The molecule has 3 aromatic rings. The molecule has 0 aliphatic carbocycles. The van der Waals surface area contributed by atoms with Gasteiger partial charge in [-0.15, -0.1) is 0 Å². The number of nitrogens with one attached hydrogen (secondary N) is 1. The van der Waals surface area contributed by atoms with Crippen LogP contribution < -0.4 is 10.2 Å². The molecule has 2 N–H and O–H groups in total. The van der Waals surface area contributed by atoms with E-state index in [-0.39, 0.29) is 17.0 Å². The number of nitrogens with zero attached hydrogens (tertiary/aromatic N) is 2. The first-order valence-electron chi connectivity index (χ1n) is 9.72. The maximum Gasteiger partial charge on any atom is 0.300 e. The number of hydrogen-bond acceptors (Lipinski definition) is 5. The first kappa shape index (κ1) is 20.9. The van der Waals surface area contributed by atoms with Crippen molar-refractivity contribution in [3.05, 3.63) is 95.6 Å². The summed E-state index contributed by atoms with van der Waals surface area (Å²) < 4.78 is 13.4. The molecule has 0 bridgehead atoms. The number of pyridine rings is 1. The van der Waals surface area contributed by atoms with Gasteiger partial charge in [0.25, 0.3) is 11.7 Å². The third-order valence-corrected chi connectivity index (χ3v) is 4.97. The lowest BCUT2D eigenvalue weighted by Gasteiger charge is -2.25. The zero-order valence-corrected chi connectivity index (χ0v) is 16.9. The Morgan fingerprint density at radius 1 is 1.06 bits per heavy atom. The minimum atomic E-state index is -1.02. The molecule has 1 atom stereocenters. The largest absolute Gasteiger partial charge is 0.507 e. The third-order valence-electron chi connectivity index (χ3n) is 4.97. The average molecular weight is 431 g/mol. The fourth-order valence-electron chi connectivity index (χ4n) is 3.62. The quantitative estimate of drug-likeness (QED) is 0.372. The van der Waals surface area contributed by atoms with Gasteiger partial charge in [0, 0.05) is 30.1 Å². The Kier molecular flexibility index (Phi) is 5.51. The van der Waals surface area contributed by atoms with Gasteiger partial charge in [-0.3, -0.25) is 24.3 Å². The van der Waals surface area contributed by atoms with E-state index in [1.54, 1.807) is 42.5 Å². The number of amides is 2. The normalized spacial score (nSPS) is 17.4. The zero-order valence-electron chi connectivity index (χ0n) is 16.9. The predicted molar refractivity (Wildman–Crippen MR) is 116 cm³/mol. The maximum absolute atomic E-state index is 13.4. The molecule has 1 fully saturated rings. The summed E-state index contributed by atoms with van der Waals surface area (Å²) in [5, 5.41) is 13.6. The van der Waals surface area contributed by atoms with Crippen molar-refractivity contribution in [3.63, 3.8) is 0 Å². The second-order valence-electron chi connectivity index (χ2n) is 7.16. The Labute approximate surface area is 182 Å². The van der Waals surface area contributed by atoms with Crippen LogP contribution in [0.4, 0.5) is 15.8 Å². The first-order valence-corrected chi connectivity index (χ1v) is 9.72. The van der Waals surface area contributed by atoms with E-state index >= 15 is 0 Å². The molecule has 1 aliphatic rings. The van der Waals surface area contributed by atoms with E-state index in [0.717, 1.165) is 12.1 Å². The van der Waals surface area contributed by atoms with Gasteiger partial charge in [0.1, 0.15) is 17.6 Å². The van der Waals surface area contributed by atoms with Crippen molar-refractivity contribution in [1.29, 1.82) is 0 Å². The fraction of sp³-hybridized carbons (Fsp3) is 0.0833. The number of aliphatic hydroxyl groups is 1. The van der Waals surface area contributed by atoms with Crippen LogP contribution in [0.25, 0.3) is 5.76 Å². The van der Waals surface area contributed by atoms with Crippen LogP contribution in [0.15, 0.2) is 78.5 Å². The molecule has 1 aliphatic heterocycles. The molecule has 1 unspecified atom stereocenters. The minimum absolute atomic E-state index is 0.162. The summed E-state index contributed by atoms with van der Waals surface area (Å²) in [5.41, 5.74) is 1.17. The van der Waals surface area contributed by atoms with Gasteiger partial charge in [-0.25, -0.2) is 4.39 Å². The van der Waals surface area contributed by atoms with Gasteiger partial charge in [0.2, 0.25) is 5.91 Å². The highest BCUT2D eigenvalue weighted by Gasteiger charge is 2.47. The van der Waals surface area contributed by atoms with E-state index < -0.39 is 29.3 Å². The molecule has 0 radical (unpaired) electrons. The molecule has 2 amide bonds. The number of carbonyl (C=O) groups excluding carboxylic acids is 3. The topological polar surface area (TPSA) is 99.6 Å². The standard InChI is InChI=1S/C24H18FN3O4/c1-14(29)27-17-5-4-6-18(13-17)28-21(19-7-2-3-12-26-19)20(23(31)24(28)32)22(30)15-8-10-16(25)11-9-15/h2-13,21,30H,1H3,(H,27,29)/b22-20+. The fourth-order valence-corrected chi connectivity index (χ4v) is 3.62. The Balaban J connectivity index is 1.90. The second kappa shape index (κ2) is 8.43. The lowest BCUT2D eigenvalue weighted by Crippen LogP contribution is -2.30. The molecular formula is C24H18FN3O4. The number of Topliss-reactive ketones (excluding diaryl/α,β-unsaturated/α-hetero) is 1. The summed E-state index contributed by atoms with van der Waals surface area (Å²) in [6.45, 7) is 1.36. The Morgan fingerprint density at radius 3 is 2.47 bits per heavy atom. The smallest absolute Gasteiger partial charge is 0.300 e. The summed E-state index contributed by atoms with van der Waals surface area (Å²) >= 11 is 0. The number of benzene rings is 2. The van der Waals surface area contributed by atoms with E-state index in [2.05, 4.69) is 10.3 Å². The van der Waals surface area contributed by atoms with Crippen LogP contribution in [0.2, 0.25) is 0 Å². The Bertz CT molecular complexity index is 1240. The number of hydrogen-bond donors (Lipinski definition) is 2. The monoisotopic (exact) mass is 431 g/mol. The molecule has 2 heterocycles. The van der Waals surface area contributed by atoms with E-state index in [1.807, 2.05) is 0 Å². The Hall–Kier alpha value is -4.33. The molecule has 0 saturated carbocycles. The second-order valence-corrected chi connectivity index (χ2v) is 7.16. The molecule has 1 saturated heterocycles. The van der Waals surface area contributed by atoms with Gasteiger partial charge in [-0.05, 0) is 54.6 Å². The minimum Gasteiger partial charge on any atom is -0.507 e. The van der Waals surface area contributed by atoms with E-state index in [9.17, 15) is 23.9 Å². The molecule has 4 rings (SSSR count). The van der Waals surface area contributed by atoms with Crippen LogP contribution in [0.5, 0.6) is 0 Å². The Morgan fingerprint density at radius 2 is 1.81 bits per heavy atom. The van der Waals surface area contributed by atoms with Crippen molar-refractivity contribution < 1.29 is 23.9 Å². The summed E-state index contributed by atoms with van der Waals surface area (Å²) in [6.07, 6.45) is 1.51. The van der Waals surface area contributed by atoms with Crippen LogP contribution in [0.3, 0.4) is 0 Å². The van der Waals surface area contributed by atoms with E-state index in [1.165, 1.54) is 30.2 Å². The number of anilines is 2. The molecule has 7 nitrogen and oxygen atoms in total. The average Bonchev–Trinajstić information content (AvgIpc) is 3.05. The molecule has 1 aromatic heterocycles. The lowest BCUT2D eigenvalue weighted by atomic mass is 9.98. The van der Waals surface area contributed by atoms with Gasteiger partial charge in [0.05, 0.1) is 11.3 Å².